The molecule has 0 spiro atoms. The zero-order valence-corrected chi connectivity index (χ0v) is 13.9. The summed E-state index contributed by atoms with van der Waals surface area (Å²) in [6.45, 7) is 1.63. The number of aryl methyl sites for hydroxylation is 2. The van der Waals surface area contributed by atoms with E-state index in [1.54, 1.807) is 14.0 Å². The van der Waals surface area contributed by atoms with Crippen molar-refractivity contribution in [2.45, 2.75) is 6.92 Å². The number of nitrogens with zero attached hydrogens (tertiary/aromatic N) is 2. The van der Waals surface area contributed by atoms with E-state index in [4.69, 9.17) is 11.6 Å². The van der Waals surface area contributed by atoms with Crippen molar-refractivity contribution in [3.63, 3.8) is 0 Å². The Labute approximate surface area is 145 Å². The maximum Gasteiger partial charge on any atom is 0.151 e. The van der Waals surface area contributed by atoms with E-state index in [0.29, 0.717) is 17.3 Å². The lowest BCUT2D eigenvalue weighted by Gasteiger charge is -2.13. The third-order valence-corrected chi connectivity index (χ3v) is 3.97. The summed E-state index contributed by atoms with van der Waals surface area (Å²) in [7, 11) is 1.57. The maximum atomic E-state index is 14.2. The Morgan fingerprint density at radius 2 is 1.68 bits per heavy atom. The molecule has 0 unspecified atom stereocenters. The molecule has 3 nitrogen and oxygen atoms in total. The predicted molar refractivity (Wildman–Crippen MR) is 87.9 cm³/mol. The fourth-order valence-corrected chi connectivity index (χ4v) is 2.84. The van der Waals surface area contributed by atoms with E-state index in [1.807, 2.05) is 0 Å². The molecule has 8 heteroatoms. The number of aromatic nitrogens is 2. The number of halogens is 5. The highest BCUT2D eigenvalue weighted by Crippen LogP contribution is 2.37. The van der Waals surface area contributed by atoms with Crippen molar-refractivity contribution in [1.82, 2.24) is 9.78 Å². The minimum Gasteiger partial charge on any atom is -0.336 e. The number of hydrogen-bond acceptors (Lipinski definition) is 2. The molecule has 0 saturated carbocycles. The first-order valence-electron chi connectivity index (χ1n) is 7.18. The largest absolute Gasteiger partial charge is 0.336 e. The van der Waals surface area contributed by atoms with Gasteiger partial charge in [-0.05, 0) is 25.1 Å². The Hall–Kier alpha value is -2.54. The standard InChI is InChI=1S/C17H12ClF4N3/c1-8-15(11-4-3-9(19)6-13(11)21)17(25(2)24-8)23-16-12(18)5-10(20)7-14(16)22/h3-7,23H,1-2H3. The van der Waals surface area contributed by atoms with Crippen LogP contribution in [0.3, 0.4) is 0 Å². The van der Waals surface area contributed by atoms with Crippen molar-refractivity contribution in [2.75, 3.05) is 5.32 Å². The monoisotopic (exact) mass is 369 g/mol. The van der Waals surface area contributed by atoms with Crippen molar-refractivity contribution in [1.29, 1.82) is 0 Å². The van der Waals surface area contributed by atoms with Gasteiger partial charge in [0, 0.05) is 24.7 Å². The number of hydrogen-bond donors (Lipinski definition) is 1. The van der Waals surface area contributed by atoms with Gasteiger partial charge in [0.15, 0.2) is 5.82 Å². The smallest absolute Gasteiger partial charge is 0.151 e. The topological polar surface area (TPSA) is 29.9 Å². The van der Waals surface area contributed by atoms with Gasteiger partial charge in [0.05, 0.1) is 22.0 Å². The summed E-state index contributed by atoms with van der Waals surface area (Å²) in [4.78, 5) is 0. The molecule has 0 fully saturated rings. The molecule has 0 aliphatic heterocycles. The van der Waals surface area contributed by atoms with Crippen molar-refractivity contribution in [3.8, 4) is 11.1 Å². The van der Waals surface area contributed by atoms with Crippen LogP contribution in [0.1, 0.15) is 5.69 Å². The molecule has 130 valence electrons. The van der Waals surface area contributed by atoms with Gasteiger partial charge >= 0.3 is 0 Å². The van der Waals surface area contributed by atoms with Crippen LogP contribution in [-0.4, -0.2) is 9.78 Å². The molecule has 1 heterocycles. The van der Waals surface area contributed by atoms with Gasteiger partial charge in [0.25, 0.3) is 0 Å². The fourth-order valence-electron chi connectivity index (χ4n) is 2.60. The van der Waals surface area contributed by atoms with Gasteiger partial charge in [-0.3, -0.25) is 4.68 Å². The van der Waals surface area contributed by atoms with Gasteiger partial charge in [-0.1, -0.05) is 11.6 Å². The van der Waals surface area contributed by atoms with E-state index in [9.17, 15) is 17.6 Å². The van der Waals surface area contributed by atoms with Crippen LogP contribution >= 0.6 is 11.6 Å². The van der Waals surface area contributed by atoms with Crippen molar-refractivity contribution >= 4 is 23.1 Å². The molecular formula is C17H12ClF4N3. The average molecular weight is 370 g/mol. The molecule has 0 aliphatic rings. The first-order valence-corrected chi connectivity index (χ1v) is 7.56. The number of nitrogens with one attached hydrogen (secondary N) is 1. The lowest BCUT2D eigenvalue weighted by molar-refractivity contribution is 0.585. The van der Waals surface area contributed by atoms with Crippen molar-refractivity contribution in [3.05, 3.63) is 64.3 Å². The minimum absolute atomic E-state index is 0.0909. The fraction of sp³-hybridized carbons (Fsp3) is 0.118. The van der Waals surface area contributed by atoms with E-state index < -0.39 is 23.3 Å². The van der Waals surface area contributed by atoms with Crippen LogP contribution in [0.25, 0.3) is 11.1 Å². The van der Waals surface area contributed by atoms with Crippen LogP contribution in [0, 0.1) is 30.2 Å². The molecule has 25 heavy (non-hydrogen) atoms. The summed E-state index contributed by atoms with van der Waals surface area (Å²) in [5.74, 6) is -3.00. The molecule has 3 aromatic rings. The third kappa shape index (κ3) is 3.19. The molecule has 0 aliphatic carbocycles. The SMILES string of the molecule is Cc1nn(C)c(Nc2c(F)cc(F)cc2Cl)c1-c1ccc(F)cc1F. The van der Waals surface area contributed by atoms with Gasteiger partial charge in [-0.25, -0.2) is 17.6 Å². The Kier molecular flexibility index (Phi) is 4.43. The zero-order valence-electron chi connectivity index (χ0n) is 13.2. The number of anilines is 2. The van der Waals surface area contributed by atoms with Gasteiger partial charge in [-0.15, -0.1) is 0 Å². The van der Waals surface area contributed by atoms with Crippen molar-refractivity contribution in [2.24, 2.45) is 7.05 Å². The third-order valence-electron chi connectivity index (χ3n) is 3.67. The summed E-state index contributed by atoms with van der Waals surface area (Å²) < 4.78 is 56.0. The van der Waals surface area contributed by atoms with Crippen LogP contribution in [0.4, 0.5) is 29.1 Å². The second-order valence-corrected chi connectivity index (χ2v) is 5.83. The van der Waals surface area contributed by atoms with Crippen LogP contribution in [0.2, 0.25) is 5.02 Å². The average Bonchev–Trinajstić information content (AvgIpc) is 2.77. The lowest BCUT2D eigenvalue weighted by atomic mass is 10.0. The normalized spacial score (nSPS) is 11.0. The summed E-state index contributed by atoms with van der Waals surface area (Å²) in [5.41, 5.74) is 0.678. The predicted octanol–water partition coefficient (Wildman–Crippen LogP) is 5.35. The van der Waals surface area contributed by atoms with Gasteiger partial charge in [0.1, 0.15) is 23.3 Å². The first kappa shape index (κ1) is 17.3. The molecule has 0 radical (unpaired) electrons. The lowest BCUT2D eigenvalue weighted by Crippen LogP contribution is -2.03. The molecule has 0 amide bonds. The number of benzene rings is 2. The molecule has 0 atom stereocenters. The van der Waals surface area contributed by atoms with Gasteiger partial charge in [0.2, 0.25) is 0 Å². The maximum absolute atomic E-state index is 14.2. The highest BCUT2D eigenvalue weighted by atomic mass is 35.5. The Bertz CT molecular complexity index is 946. The van der Waals surface area contributed by atoms with E-state index in [-0.39, 0.29) is 22.1 Å². The summed E-state index contributed by atoms with van der Waals surface area (Å²) >= 11 is 5.90. The molecule has 3 rings (SSSR count). The first-order chi connectivity index (χ1) is 11.8. The van der Waals surface area contributed by atoms with E-state index >= 15 is 0 Å². The molecule has 1 aromatic heterocycles. The molecule has 0 saturated heterocycles. The highest BCUT2D eigenvalue weighted by Gasteiger charge is 2.21. The molecular weight excluding hydrogens is 358 g/mol. The van der Waals surface area contributed by atoms with E-state index in [1.165, 1.54) is 10.7 Å². The molecule has 1 N–H and O–H groups in total. The van der Waals surface area contributed by atoms with Crippen LogP contribution in [0.15, 0.2) is 30.3 Å². The summed E-state index contributed by atoms with van der Waals surface area (Å²) in [6, 6.07) is 4.75. The Balaban J connectivity index is 2.16. The Morgan fingerprint density at radius 1 is 1.00 bits per heavy atom. The summed E-state index contributed by atoms with van der Waals surface area (Å²) in [6.07, 6.45) is 0. The molecule has 0 bridgehead atoms. The van der Waals surface area contributed by atoms with E-state index in [0.717, 1.165) is 18.2 Å². The van der Waals surface area contributed by atoms with E-state index in [2.05, 4.69) is 10.4 Å². The quantitative estimate of drug-likeness (QED) is 0.631. The second kappa shape index (κ2) is 6.40. The van der Waals surface area contributed by atoms with Crippen LogP contribution in [-0.2, 0) is 7.05 Å². The number of rotatable bonds is 3. The zero-order chi connectivity index (χ0) is 18.3. The van der Waals surface area contributed by atoms with Crippen LogP contribution < -0.4 is 5.32 Å². The van der Waals surface area contributed by atoms with Gasteiger partial charge in [-0.2, -0.15) is 5.10 Å². The second-order valence-electron chi connectivity index (χ2n) is 5.43. The van der Waals surface area contributed by atoms with Crippen LogP contribution in [0.5, 0.6) is 0 Å². The molecule has 2 aromatic carbocycles. The highest BCUT2D eigenvalue weighted by molar-refractivity contribution is 6.33. The van der Waals surface area contributed by atoms with Gasteiger partial charge < -0.3 is 5.32 Å². The van der Waals surface area contributed by atoms with Crippen molar-refractivity contribution < 1.29 is 17.6 Å². The summed E-state index contributed by atoms with van der Waals surface area (Å²) in [5, 5.41) is 6.73. The minimum atomic E-state index is -0.908. The Morgan fingerprint density at radius 3 is 2.32 bits per heavy atom.